The summed E-state index contributed by atoms with van der Waals surface area (Å²) in [5.41, 5.74) is 2.40. The molecule has 33 heavy (non-hydrogen) atoms. The Hall–Kier alpha value is -2.24. The molecule has 7 nitrogen and oxygen atoms in total. The van der Waals surface area contributed by atoms with E-state index in [1.54, 1.807) is 31.2 Å². The Morgan fingerprint density at radius 3 is 2.73 bits per heavy atom. The fourth-order valence-corrected chi connectivity index (χ4v) is 4.63. The molecule has 10 heteroatoms. The number of halogens is 2. The van der Waals surface area contributed by atoms with Crippen LogP contribution in [-0.2, 0) is 14.3 Å². The maximum absolute atomic E-state index is 12.5. The Bertz CT molecular complexity index is 1140. The molecular weight excluding hydrogens is 579 g/mol. The van der Waals surface area contributed by atoms with Crippen molar-refractivity contribution in [1.29, 1.82) is 0 Å². The summed E-state index contributed by atoms with van der Waals surface area (Å²) in [5.74, 6) is 0.235. The molecule has 2 aromatic rings. The lowest BCUT2D eigenvalue weighted by atomic mass is 10.2. The minimum absolute atomic E-state index is 0.217. The number of amides is 1. The average Bonchev–Trinajstić information content (AvgIpc) is 3.09. The van der Waals surface area contributed by atoms with Crippen molar-refractivity contribution >= 4 is 74.8 Å². The molecular formula is C23H22ClIN2O5S. The van der Waals surface area contributed by atoms with E-state index in [2.05, 4.69) is 32.9 Å². The third-order valence-electron chi connectivity index (χ3n) is 4.31. The molecule has 1 heterocycles. The van der Waals surface area contributed by atoms with Gasteiger partial charge in [0.1, 0.15) is 0 Å². The van der Waals surface area contributed by atoms with Gasteiger partial charge in [0.2, 0.25) is 0 Å². The molecule has 0 radical (unpaired) electrons. The normalized spacial score (nSPS) is 15.6. The van der Waals surface area contributed by atoms with Crippen molar-refractivity contribution in [1.82, 2.24) is 5.32 Å². The number of carbonyl (C=O) groups is 2. The Morgan fingerprint density at radius 1 is 1.21 bits per heavy atom. The molecule has 0 aromatic heterocycles. The number of esters is 1. The number of thioether (sulfide) groups is 1. The molecule has 1 fully saturated rings. The molecule has 1 amide bonds. The number of aryl methyl sites for hydroxylation is 1. The van der Waals surface area contributed by atoms with Gasteiger partial charge in [-0.15, -0.1) is 0 Å². The van der Waals surface area contributed by atoms with Crippen LogP contribution in [0.4, 0.5) is 5.69 Å². The number of hydrogen-bond acceptors (Lipinski definition) is 7. The summed E-state index contributed by atoms with van der Waals surface area (Å²) >= 11 is 9.42. The van der Waals surface area contributed by atoms with E-state index in [1.165, 1.54) is 11.8 Å². The monoisotopic (exact) mass is 600 g/mol. The van der Waals surface area contributed by atoms with Gasteiger partial charge in [-0.25, -0.2) is 9.79 Å². The first kappa shape index (κ1) is 25.4. The van der Waals surface area contributed by atoms with Gasteiger partial charge >= 0.3 is 5.97 Å². The van der Waals surface area contributed by atoms with Crippen LogP contribution in [0.3, 0.4) is 0 Å². The molecule has 1 saturated heterocycles. The van der Waals surface area contributed by atoms with E-state index in [0.717, 1.165) is 14.7 Å². The van der Waals surface area contributed by atoms with Crippen LogP contribution < -0.4 is 14.8 Å². The van der Waals surface area contributed by atoms with Crippen LogP contribution >= 0.6 is 46.0 Å². The Kier molecular flexibility index (Phi) is 9.04. The van der Waals surface area contributed by atoms with Crippen LogP contribution in [0.1, 0.15) is 25.0 Å². The number of carbonyl (C=O) groups excluding carboxylic acids is 2. The molecule has 0 unspecified atom stereocenters. The van der Waals surface area contributed by atoms with Gasteiger partial charge < -0.3 is 19.5 Å². The highest BCUT2D eigenvalue weighted by atomic mass is 127. The number of benzene rings is 2. The number of hydrogen-bond donors (Lipinski definition) is 1. The van der Waals surface area contributed by atoms with Crippen molar-refractivity contribution in [2.75, 3.05) is 19.8 Å². The summed E-state index contributed by atoms with van der Waals surface area (Å²) in [6.45, 7) is 6.00. The Balaban J connectivity index is 1.84. The van der Waals surface area contributed by atoms with Crippen molar-refractivity contribution in [3.05, 3.63) is 55.0 Å². The third-order valence-corrected chi connectivity index (χ3v) is 6.26. The van der Waals surface area contributed by atoms with Crippen molar-refractivity contribution in [3.8, 4) is 11.5 Å². The first-order valence-electron chi connectivity index (χ1n) is 10.1. The van der Waals surface area contributed by atoms with Gasteiger partial charge in [0, 0.05) is 5.02 Å². The summed E-state index contributed by atoms with van der Waals surface area (Å²) in [6, 6.07) is 9.04. The van der Waals surface area contributed by atoms with Crippen LogP contribution in [-0.4, -0.2) is 36.9 Å². The maximum Gasteiger partial charge on any atom is 0.344 e. The van der Waals surface area contributed by atoms with Crippen LogP contribution in [0.25, 0.3) is 6.08 Å². The predicted molar refractivity (Wildman–Crippen MR) is 139 cm³/mol. The van der Waals surface area contributed by atoms with Gasteiger partial charge in [-0.2, -0.15) is 0 Å². The second-order valence-corrected chi connectivity index (χ2v) is 9.40. The molecule has 0 aliphatic carbocycles. The molecule has 0 atom stereocenters. The molecule has 1 aliphatic rings. The van der Waals surface area contributed by atoms with Crippen LogP contribution in [0.15, 0.2) is 40.2 Å². The van der Waals surface area contributed by atoms with Crippen molar-refractivity contribution < 1.29 is 23.8 Å². The van der Waals surface area contributed by atoms with Gasteiger partial charge in [0.25, 0.3) is 5.91 Å². The van der Waals surface area contributed by atoms with E-state index in [4.69, 9.17) is 25.8 Å². The first-order chi connectivity index (χ1) is 15.8. The van der Waals surface area contributed by atoms with Gasteiger partial charge in [-0.3, -0.25) is 4.79 Å². The second-order valence-electron chi connectivity index (χ2n) is 6.77. The van der Waals surface area contributed by atoms with E-state index in [9.17, 15) is 9.59 Å². The Labute approximate surface area is 215 Å². The quantitative estimate of drug-likeness (QED) is 0.245. The van der Waals surface area contributed by atoms with E-state index >= 15 is 0 Å². The summed E-state index contributed by atoms with van der Waals surface area (Å²) in [5, 5.41) is 3.84. The highest BCUT2D eigenvalue weighted by molar-refractivity contribution is 14.1. The fourth-order valence-electron chi connectivity index (χ4n) is 2.85. The predicted octanol–water partition coefficient (Wildman–Crippen LogP) is 5.49. The SMILES string of the molecule is CCOC(=O)COc1c(I)cc(/C=C2\SC(=Nc3cc(Cl)ccc3C)NC2=O)cc1OCC. The van der Waals surface area contributed by atoms with Gasteiger partial charge in [0.15, 0.2) is 23.3 Å². The fraction of sp³-hybridized carbons (Fsp3) is 0.261. The van der Waals surface area contributed by atoms with Crippen LogP contribution in [0, 0.1) is 10.5 Å². The summed E-state index contributed by atoms with van der Waals surface area (Å²) in [7, 11) is 0. The summed E-state index contributed by atoms with van der Waals surface area (Å²) in [4.78, 5) is 29.2. The average molecular weight is 601 g/mol. The van der Waals surface area contributed by atoms with Crippen molar-refractivity contribution in [2.45, 2.75) is 20.8 Å². The van der Waals surface area contributed by atoms with E-state index in [-0.39, 0.29) is 19.1 Å². The lowest BCUT2D eigenvalue weighted by molar-refractivity contribution is -0.145. The number of aliphatic imine (C=N–C) groups is 1. The lowest BCUT2D eigenvalue weighted by Crippen LogP contribution is -2.19. The molecule has 1 aliphatic heterocycles. The molecule has 0 spiro atoms. The van der Waals surface area contributed by atoms with Gasteiger partial charge in [0.05, 0.1) is 27.4 Å². The largest absolute Gasteiger partial charge is 0.490 e. The smallest absolute Gasteiger partial charge is 0.344 e. The molecule has 2 aromatic carbocycles. The standard InChI is InChI=1S/C23H22ClIN2O5S/c1-4-30-18-9-14(8-16(25)21(18)32-12-20(28)31-5-2)10-19-22(29)27-23(33-19)26-17-11-15(24)7-6-13(17)3/h6-11H,4-5,12H2,1-3H3,(H,26,27,29)/b19-10-. The van der Waals surface area contributed by atoms with E-state index in [1.807, 2.05) is 26.0 Å². The minimum Gasteiger partial charge on any atom is -0.490 e. The van der Waals surface area contributed by atoms with Crippen molar-refractivity contribution in [2.24, 2.45) is 4.99 Å². The first-order valence-corrected chi connectivity index (χ1v) is 12.4. The molecule has 174 valence electrons. The molecule has 0 bridgehead atoms. The summed E-state index contributed by atoms with van der Waals surface area (Å²) in [6.07, 6.45) is 1.76. The maximum atomic E-state index is 12.5. The van der Waals surface area contributed by atoms with E-state index < -0.39 is 5.97 Å². The highest BCUT2D eigenvalue weighted by Gasteiger charge is 2.24. The lowest BCUT2D eigenvalue weighted by Gasteiger charge is -2.14. The topological polar surface area (TPSA) is 86.2 Å². The van der Waals surface area contributed by atoms with Crippen molar-refractivity contribution in [3.63, 3.8) is 0 Å². The highest BCUT2D eigenvalue weighted by Crippen LogP contribution is 2.36. The molecule has 3 rings (SSSR count). The Morgan fingerprint density at radius 2 is 2.00 bits per heavy atom. The number of ether oxygens (including phenoxy) is 3. The minimum atomic E-state index is -0.456. The number of rotatable bonds is 8. The van der Waals surface area contributed by atoms with Gasteiger partial charge in [-0.05, 0) is 96.6 Å². The summed E-state index contributed by atoms with van der Waals surface area (Å²) < 4.78 is 17.0. The second kappa shape index (κ2) is 11.8. The van der Waals surface area contributed by atoms with Crippen LogP contribution in [0.5, 0.6) is 11.5 Å². The van der Waals surface area contributed by atoms with Crippen LogP contribution in [0.2, 0.25) is 5.02 Å². The zero-order chi connectivity index (χ0) is 24.0. The molecule has 0 saturated carbocycles. The van der Waals surface area contributed by atoms with Gasteiger partial charge in [-0.1, -0.05) is 17.7 Å². The zero-order valence-corrected chi connectivity index (χ0v) is 22.0. The number of nitrogens with one attached hydrogen (secondary N) is 1. The molecule has 1 N–H and O–H groups in total. The number of nitrogens with zero attached hydrogens (tertiary/aromatic N) is 1. The number of amidine groups is 1. The third kappa shape index (κ3) is 6.87. The van der Waals surface area contributed by atoms with E-state index in [0.29, 0.717) is 38.9 Å². The zero-order valence-electron chi connectivity index (χ0n) is 18.2.